The van der Waals surface area contributed by atoms with Gasteiger partial charge in [-0.25, -0.2) is 0 Å². The van der Waals surface area contributed by atoms with Crippen LogP contribution in [0.2, 0.25) is 0 Å². The Bertz CT molecular complexity index is 864. The van der Waals surface area contributed by atoms with Crippen LogP contribution in [0, 0.1) is 6.92 Å². The van der Waals surface area contributed by atoms with Crippen LogP contribution in [0.15, 0.2) is 72.3 Å². The molecule has 0 aromatic heterocycles. The number of aryl methyl sites for hydroxylation is 1. The van der Waals surface area contributed by atoms with E-state index in [0.29, 0.717) is 6.42 Å². The maximum absolute atomic E-state index is 12.9. The van der Waals surface area contributed by atoms with Gasteiger partial charge in [-0.1, -0.05) is 66.8 Å². The lowest BCUT2D eigenvalue weighted by molar-refractivity contribution is -0.327. The molecule has 0 saturated carbocycles. The SMILES string of the molecule is Cc1ccccc1-c1cccc(C2C=C(C(O)(O)C(F)(F)F)C=CC2)c1. The average Bonchev–Trinajstić information content (AvgIpc) is 2.61. The van der Waals surface area contributed by atoms with Gasteiger partial charge in [0.15, 0.2) is 0 Å². The van der Waals surface area contributed by atoms with E-state index in [2.05, 4.69) is 0 Å². The molecular weight excluding hydrogens is 341 g/mol. The topological polar surface area (TPSA) is 40.5 Å². The minimum atomic E-state index is -5.16. The van der Waals surface area contributed by atoms with Crippen molar-refractivity contribution in [3.05, 3.63) is 83.5 Å². The van der Waals surface area contributed by atoms with Gasteiger partial charge in [0.2, 0.25) is 0 Å². The predicted molar refractivity (Wildman–Crippen MR) is 94.4 cm³/mol. The average molecular weight is 360 g/mol. The molecular formula is C21H19F3O2. The van der Waals surface area contributed by atoms with E-state index in [0.717, 1.165) is 28.3 Å². The first-order valence-corrected chi connectivity index (χ1v) is 8.26. The Hall–Kier alpha value is -2.37. The fraction of sp³-hybridized carbons (Fsp3) is 0.238. The van der Waals surface area contributed by atoms with E-state index in [9.17, 15) is 23.4 Å². The summed E-state index contributed by atoms with van der Waals surface area (Å²) in [6, 6.07) is 15.5. The zero-order chi connectivity index (χ0) is 18.9. The summed E-state index contributed by atoms with van der Waals surface area (Å²) in [4.78, 5) is 0. The van der Waals surface area contributed by atoms with Gasteiger partial charge in [-0.3, -0.25) is 0 Å². The van der Waals surface area contributed by atoms with Gasteiger partial charge in [-0.05, 0) is 35.6 Å². The van der Waals surface area contributed by atoms with Crippen molar-refractivity contribution in [1.82, 2.24) is 0 Å². The highest BCUT2D eigenvalue weighted by atomic mass is 19.4. The molecule has 0 bridgehead atoms. The van der Waals surface area contributed by atoms with Gasteiger partial charge in [0.05, 0.1) is 0 Å². The summed E-state index contributed by atoms with van der Waals surface area (Å²) in [5, 5.41) is 19.0. The van der Waals surface area contributed by atoms with E-state index in [1.807, 2.05) is 55.5 Å². The third-order valence-corrected chi connectivity index (χ3v) is 4.64. The van der Waals surface area contributed by atoms with Crippen LogP contribution in [-0.4, -0.2) is 22.2 Å². The lowest BCUT2D eigenvalue weighted by atomic mass is 9.85. The van der Waals surface area contributed by atoms with Crippen molar-refractivity contribution in [2.75, 3.05) is 0 Å². The summed E-state index contributed by atoms with van der Waals surface area (Å²) in [5.41, 5.74) is 3.40. The molecule has 0 aliphatic heterocycles. The normalized spacial score (nSPS) is 17.9. The number of halogens is 3. The molecule has 2 N–H and O–H groups in total. The Morgan fingerprint density at radius 1 is 1.00 bits per heavy atom. The predicted octanol–water partition coefficient (Wildman–Crippen LogP) is 4.88. The van der Waals surface area contributed by atoms with Crippen molar-refractivity contribution in [3.8, 4) is 11.1 Å². The van der Waals surface area contributed by atoms with E-state index < -0.39 is 17.5 Å². The molecule has 0 heterocycles. The van der Waals surface area contributed by atoms with E-state index in [1.165, 1.54) is 12.2 Å². The first-order chi connectivity index (χ1) is 12.2. The third kappa shape index (κ3) is 3.45. The molecule has 1 atom stereocenters. The number of rotatable bonds is 3. The zero-order valence-corrected chi connectivity index (χ0v) is 14.2. The molecule has 0 amide bonds. The Labute approximate surface area is 149 Å². The highest BCUT2D eigenvalue weighted by Gasteiger charge is 2.55. The largest absolute Gasteiger partial charge is 0.447 e. The summed E-state index contributed by atoms with van der Waals surface area (Å²) in [6.07, 6.45) is -0.726. The summed E-state index contributed by atoms with van der Waals surface area (Å²) in [5.74, 6) is -4.21. The van der Waals surface area contributed by atoms with Crippen molar-refractivity contribution >= 4 is 0 Å². The van der Waals surface area contributed by atoms with Crippen LogP contribution in [0.1, 0.15) is 23.5 Å². The molecule has 2 aromatic carbocycles. The van der Waals surface area contributed by atoms with Gasteiger partial charge < -0.3 is 10.2 Å². The van der Waals surface area contributed by atoms with E-state index in [4.69, 9.17) is 0 Å². The number of aliphatic hydroxyl groups is 2. The molecule has 0 spiro atoms. The van der Waals surface area contributed by atoms with E-state index in [1.54, 1.807) is 0 Å². The van der Waals surface area contributed by atoms with Gasteiger partial charge in [0.1, 0.15) is 0 Å². The molecule has 0 saturated heterocycles. The van der Waals surface area contributed by atoms with Crippen molar-refractivity contribution in [2.45, 2.75) is 31.2 Å². The van der Waals surface area contributed by atoms with Crippen molar-refractivity contribution in [1.29, 1.82) is 0 Å². The van der Waals surface area contributed by atoms with Crippen LogP contribution in [0.5, 0.6) is 0 Å². The Morgan fingerprint density at radius 3 is 2.42 bits per heavy atom. The lowest BCUT2D eigenvalue weighted by Gasteiger charge is -2.29. The first kappa shape index (κ1) is 18.4. The molecule has 136 valence electrons. The second kappa shape index (κ2) is 6.74. The number of benzene rings is 2. The molecule has 2 nitrogen and oxygen atoms in total. The molecule has 0 radical (unpaired) electrons. The van der Waals surface area contributed by atoms with Gasteiger partial charge in [-0.15, -0.1) is 0 Å². The minimum Gasteiger partial charge on any atom is -0.355 e. The quantitative estimate of drug-likeness (QED) is 0.767. The summed E-state index contributed by atoms with van der Waals surface area (Å²) < 4.78 is 38.7. The summed E-state index contributed by atoms with van der Waals surface area (Å²) >= 11 is 0. The number of allylic oxidation sites excluding steroid dienone is 2. The van der Waals surface area contributed by atoms with Gasteiger partial charge in [-0.2, -0.15) is 13.2 Å². The molecule has 26 heavy (non-hydrogen) atoms. The first-order valence-electron chi connectivity index (χ1n) is 8.26. The second-order valence-electron chi connectivity index (χ2n) is 6.48. The van der Waals surface area contributed by atoms with Crippen LogP contribution in [0.3, 0.4) is 0 Å². The Kier molecular flexibility index (Phi) is 4.78. The Balaban J connectivity index is 1.97. The maximum Gasteiger partial charge on any atom is 0.447 e. The van der Waals surface area contributed by atoms with Gasteiger partial charge >= 0.3 is 6.18 Å². The van der Waals surface area contributed by atoms with Gasteiger partial charge in [0, 0.05) is 11.5 Å². The van der Waals surface area contributed by atoms with Crippen molar-refractivity contribution < 1.29 is 23.4 Å². The highest BCUT2D eigenvalue weighted by molar-refractivity contribution is 5.68. The number of hydrogen-bond donors (Lipinski definition) is 2. The minimum absolute atomic E-state index is 0.361. The molecule has 1 aliphatic rings. The fourth-order valence-electron chi connectivity index (χ4n) is 3.14. The molecule has 5 heteroatoms. The third-order valence-electron chi connectivity index (χ3n) is 4.64. The van der Waals surface area contributed by atoms with Crippen LogP contribution in [0.25, 0.3) is 11.1 Å². The Morgan fingerprint density at radius 2 is 1.73 bits per heavy atom. The lowest BCUT2D eigenvalue weighted by Crippen LogP contribution is -2.46. The van der Waals surface area contributed by atoms with Crippen LogP contribution >= 0.6 is 0 Å². The zero-order valence-electron chi connectivity index (χ0n) is 14.2. The van der Waals surface area contributed by atoms with Gasteiger partial charge in [0.25, 0.3) is 5.79 Å². The summed E-state index contributed by atoms with van der Waals surface area (Å²) in [6.45, 7) is 2.00. The maximum atomic E-state index is 12.9. The van der Waals surface area contributed by atoms with Crippen molar-refractivity contribution in [3.63, 3.8) is 0 Å². The fourth-order valence-corrected chi connectivity index (χ4v) is 3.14. The van der Waals surface area contributed by atoms with Crippen LogP contribution in [-0.2, 0) is 0 Å². The molecule has 3 rings (SSSR count). The molecule has 2 aromatic rings. The van der Waals surface area contributed by atoms with E-state index >= 15 is 0 Å². The number of hydrogen-bond acceptors (Lipinski definition) is 2. The smallest absolute Gasteiger partial charge is 0.355 e. The summed E-state index contributed by atoms with van der Waals surface area (Å²) in [7, 11) is 0. The van der Waals surface area contributed by atoms with Crippen LogP contribution < -0.4 is 0 Å². The highest BCUT2D eigenvalue weighted by Crippen LogP contribution is 2.39. The van der Waals surface area contributed by atoms with Crippen LogP contribution in [0.4, 0.5) is 13.2 Å². The molecule has 1 aliphatic carbocycles. The standard InChI is InChI=1S/C21H19F3O2/c1-14-6-2-3-11-19(14)17-9-4-7-15(12-17)16-8-5-10-18(13-16)20(25,26)21(22,23)24/h2-7,9-13,16,25-26H,8H2,1H3. The monoisotopic (exact) mass is 360 g/mol. The van der Waals surface area contributed by atoms with Crippen molar-refractivity contribution in [2.24, 2.45) is 0 Å². The molecule has 0 fully saturated rings. The second-order valence-corrected chi connectivity index (χ2v) is 6.48. The molecule has 1 unspecified atom stereocenters. The van der Waals surface area contributed by atoms with E-state index in [-0.39, 0.29) is 5.92 Å². The number of alkyl halides is 3.